The standard InChI is InChI=1S/C15H22N2O3/c1-11(15(19)16-8-10-20-2)17-9-7-14(18)12-5-3-4-6-13(12)17/h3-6,11,14,18H,7-10H2,1-2H3,(H,16,19). The van der Waals surface area contributed by atoms with Gasteiger partial charge in [0, 0.05) is 31.5 Å². The van der Waals surface area contributed by atoms with Gasteiger partial charge in [-0.1, -0.05) is 18.2 Å². The van der Waals surface area contributed by atoms with E-state index in [0.717, 1.165) is 11.3 Å². The van der Waals surface area contributed by atoms with Gasteiger partial charge in [0.05, 0.1) is 12.7 Å². The maximum Gasteiger partial charge on any atom is 0.242 e. The number of hydrogen-bond donors (Lipinski definition) is 2. The number of carbonyl (C=O) groups is 1. The zero-order valence-electron chi connectivity index (χ0n) is 12.0. The van der Waals surface area contributed by atoms with Gasteiger partial charge in [0.25, 0.3) is 0 Å². The average Bonchev–Trinajstić information content (AvgIpc) is 2.47. The fourth-order valence-corrected chi connectivity index (χ4v) is 2.54. The number of anilines is 1. The molecule has 5 heteroatoms. The lowest BCUT2D eigenvalue weighted by Gasteiger charge is -2.37. The van der Waals surface area contributed by atoms with Crippen molar-refractivity contribution < 1.29 is 14.6 Å². The number of nitrogens with one attached hydrogen (secondary N) is 1. The molecule has 1 aliphatic heterocycles. The number of ether oxygens (including phenoxy) is 1. The lowest BCUT2D eigenvalue weighted by atomic mass is 9.97. The number of benzene rings is 1. The lowest BCUT2D eigenvalue weighted by molar-refractivity contribution is -0.122. The van der Waals surface area contributed by atoms with Crippen LogP contribution in [0.2, 0.25) is 0 Å². The Bertz CT molecular complexity index is 464. The highest BCUT2D eigenvalue weighted by atomic mass is 16.5. The van der Waals surface area contributed by atoms with E-state index in [4.69, 9.17) is 4.74 Å². The Kier molecular flexibility index (Phi) is 4.98. The highest BCUT2D eigenvalue weighted by Crippen LogP contribution is 2.34. The highest BCUT2D eigenvalue weighted by molar-refractivity contribution is 5.85. The molecule has 0 saturated heterocycles. The van der Waals surface area contributed by atoms with Crippen molar-refractivity contribution in [3.05, 3.63) is 29.8 Å². The summed E-state index contributed by atoms with van der Waals surface area (Å²) >= 11 is 0. The zero-order chi connectivity index (χ0) is 14.5. The Labute approximate surface area is 119 Å². The predicted molar refractivity (Wildman–Crippen MR) is 77.7 cm³/mol. The second kappa shape index (κ2) is 6.72. The molecule has 0 saturated carbocycles. The van der Waals surface area contributed by atoms with Gasteiger partial charge in [-0.25, -0.2) is 0 Å². The minimum absolute atomic E-state index is 0.0201. The van der Waals surface area contributed by atoms with Gasteiger partial charge >= 0.3 is 0 Å². The van der Waals surface area contributed by atoms with E-state index in [0.29, 0.717) is 26.1 Å². The molecule has 1 amide bonds. The highest BCUT2D eigenvalue weighted by Gasteiger charge is 2.29. The van der Waals surface area contributed by atoms with Gasteiger partial charge in [-0.05, 0) is 19.4 Å². The third kappa shape index (κ3) is 3.11. The van der Waals surface area contributed by atoms with E-state index >= 15 is 0 Å². The molecular formula is C15H22N2O3. The van der Waals surface area contributed by atoms with Crippen molar-refractivity contribution in [1.82, 2.24) is 5.32 Å². The van der Waals surface area contributed by atoms with Crippen LogP contribution in [0.15, 0.2) is 24.3 Å². The first-order chi connectivity index (χ1) is 9.65. The molecule has 20 heavy (non-hydrogen) atoms. The molecule has 0 fully saturated rings. The van der Waals surface area contributed by atoms with Gasteiger partial charge in [0.1, 0.15) is 6.04 Å². The van der Waals surface area contributed by atoms with E-state index in [1.165, 1.54) is 0 Å². The Morgan fingerprint density at radius 3 is 3.05 bits per heavy atom. The molecule has 0 aromatic heterocycles. The van der Waals surface area contributed by atoms with Gasteiger partial charge in [-0.3, -0.25) is 4.79 Å². The summed E-state index contributed by atoms with van der Waals surface area (Å²) in [6.07, 6.45) is 0.207. The molecule has 1 aliphatic rings. The molecule has 2 atom stereocenters. The number of amides is 1. The molecule has 0 aliphatic carbocycles. The number of methoxy groups -OCH3 is 1. The maximum absolute atomic E-state index is 12.1. The average molecular weight is 278 g/mol. The van der Waals surface area contributed by atoms with Crippen LogP contribution in [0.4, 0.5) is 5.69 Å². The predicted octanol–water partition coefficient (Wildman–Crippen LogP) is 1.08. The van der Waals surface area contributed by atoms with E-state index < -0.39 is 6.10 Å². The number of aliphatic hydroxyl groups is 1. The van der Waals surface area contributed by atoms with Crippen LogP contribution < -0.4 is 10.2 Å². The largest absolute Gasteiger partial charge is 0.388 e. The van der Waals surface area contributed by atoms with Crippen molar-refractivity contribution in [2.45, 2.75) is 25.5 Å². The van der Waals surface area contributed by atoms with Crippen molar-refractivity contribution in [3.63, 3.8) is 0 Å². The van der Waals surface area contributed by atoms with Crippen molar-refractivity contribution in [1.29, 1.82) is 0 Å². The molecule has 0 bridgehead atoms. The van der Waals surface area contributed by atoms with Gasteiger partial charge in [-0.2, -0.15) is 0 Å². The second-order valence-electron chi connectivity index (χ2n) is 5.02. The topological polar surface area (TPSA) is 61.8 Å². The Hall–Kier alpha value is -1.59. The van der Waals surface area contributed by atoms with E-state index in [1.807, 2.05) is 36.1 Å². The number of fused-ring (bicyclic) bond motifs is 1. The normalized spacial score (nSPS) is 19.4. The number of aliphatic hydroxyl groups excluding tert-OH is 1. The first-order valence-corrected chi connectivity index (χ1v) is 6.95. The van der Waals surface area contributed by atoms with Crippen LogP contribution in [-0.2, 0) is 9.53 Å². The number of para-hydroxylation sites is 1. The second-order valence-corrected chi connectivity index (χ2v) is 5.02. The van der Waals surface area contributed by atoms with Crippen LogP contribution >= 0.6 is 0 Å². The fraction of sp³-hybridized carbons (Fsp3) is 0.533. The minimum atomic E-state index is -0.439. The first kappa shape index (κ1) is 14.8. The molecule has 1 aromatic carbocycles. The lowest BCUT2D eigenvalue weighted by Crippen LogP contribution is -2.48. The molecule has 0 spiro atoms. The molecule has 110 valence electrons. The van der Waals surface area contributed by atoms with Crippen LogP contribution in [0.3, 0.4) is 0 Å². The number of rotatable bonds is 5. The number of carbonyl (C=O) groups excluding carboxylic acids is 1. The van der Waals surface area contributed by atoms with Crippen LogP contribution in [-0.4, -0.2) is 43.9 Å². The fourth-order valence-electron chi connectivity index (χ4n) is 2.54. The van der Waals surface area contributed by atoms with Crippen molar-refractivity contribution in [3.8, 4) is 0 Å². The first-order valence-electron chi connectivity index (χ1n) is 6.95. The molecule has 1 heterocycles. The molecular weight excluding hydrogens is 256 g/mol. The van der Waals surface area contributed by atoms with Crippen LogP contribution in [0.5, 0.6) is 0 Å². The maximum atomic E-state index is 12.1. The summed E-state index contributed by atoms with van der Waals surface area (Å²) in [5.74, 6) is -0.0201. The molecule has 5 nitrogen and oxygen atoms in total. The summed E-state index contributed by atoms with van der Waals surface area (Å²) < 4.78 is 4.93. The van der Waals surface area contributed by atoms with Gasteiger partial charge in [0.15, 0.2) is 0 Å². The summed E-state index contributed by atoms with van der Waals surface area (Å²) in [7, 11) is 1.61. The SMILES string of the molecule is COCCNC(=O)C(C)N1CCC(O)c2ccccc21. The van der Waals surface area contributed by atoms with Crippen molar-refractivity contribution in [2.75, 3.05) is 31.7 Å². The van der Waals surface area contributed by atoms with E-state index in [2.05, 4.69) is 5.32 Å². The molecule has 0 radical (unpaired) electrons. The van der Waals surface area contributed by atoms with Crippen LogP contribution in [0.1, 0.15) is 25.0 Å². The van der Waals surface area contributed by atoms with Crippen molar-refractivity contribution in [2.24, 2.45) is 0 Å². The van der Waals surface area contributed by atoms with Crippen LogP contribution in [0, 0.1) is 0 Å². The monoisotopic (exact) mass is 278 g/mol. The molecule has 1 aromatic rings. The third-order valence-corrected chi connectivity index (χ3v) is 3.70. The van der Waals surface area contributed by atoms with Gasteiger partial charge in [-0.15, -0.1) is 0 Å². The zero-order valence-corrected chi connectivity index (χ0v) is 12.0. The Balaban J connectivity index is 2.09. The number of nitrogens with zero attached hydrogens (tertiary/aromatic N) is 1. The summed E-state index contributed by atoms with van der Waals surface area (Å²) in [5, 5.41) is 12.9. The summed E-state index contributed by atoms with van der Waals surface area (Å²) in [4.78, 5) is 14.2. The van der Waals surface area contributed by atoms with Crippen molar-refractivity contribution >= 4 is 11.6 Å². The Morgan fingerprint density at radius 1 is 1.55 bits per heavy atom. The third-order valence-electron chi connectivity index (χ3n) is 3.70. The number of hydrogen-bond acceptors (Lipinski definition) is 4. The van der Waals surface area contributed by atoms with Gasteiger partial charge < -0.3 is 20.1 Å². The quantitative estimate of drug-likeness (QED) is 0.791. The minimum Gasteiger partial charge on any atom is -0.388 e. The summed E-state index contributed by atoms with van der Waals surface area (Å²) in [5.41, 5.74) is 1.84. The Morgan fingerprint density at radius 2 is 2.30 bits per heavy atom. The van der Waals surface area contributed by atoms with E-state index in [9.17, 15) is 9.90 Å². The van der Waals surface area contributed by atoms with Crippen LogP contribution in [0.25, 0.3) is 0 Å². The molecule has 2 unspecified atom stereocenters. The summed E-state index contributed by atoms with van der Waals surface area (Å²) in [6.45, 7) is 3.58. The molecule has 2 rings (SSSR count). The smallest absolute Gasteiger partial charge is 0.242 e. The van der Waals surface area contributed by atoms with E-state index in [-0.39, 0.29) is 11.9 Å². The molecule has 2 N–H and O–H groups in total. The van der Waals surface area contributed by atoms with E-state index in [1.54, 1.807) is 7.11 Å². The summed E-state index contributed by atoms with van der Waals surface area (Å²) in [6, 6.07) is 7.45. The van der Waals surface area contributed by atoms with Gasteiger partial charge in [0.2, 0.25) is 5.91 Å².